The second-order valence-electron chi connectivity index (χ2n) is 7.77. The van der Waals surface area contributed by atoms with Crippen molar-refractivity contribution in [3.05, 3.63) is 71.8 Å². The third-order valence-corrected chi connectivity index (χ3v) is 7.17. The van der Waals surface area contributed by atoms with Gasteiger partial charge in [-0.25, -0.2) is 13.8 Å². The van der Waals surface area contributed by atoms with Gasteiger partial charge >= 0.3 is 0 Å². The zero-order valence-electron chi connectivity index (χ0n) is 21.2. The van der Waals surface area contributed by atoms with Gasteiger partial charge in [0.1, 0.15) is 18.0 Å². The first-order chi connectivity index (χ1) is 17.7. The maximum Gasteiger partial charge on any atom is 0.264 e. The van der Waals surface area contributed by atoms with Crippen LogP contribution in [0.15, 0.2) is 70.7 Å². The molecule has 3 aromatic carbocycles. The lowest BCUT2D eigenvalue weighted by Crippen LogP contribution is -2.39. The van der Waals surface area contributed by atoms with Crippen molar-refractivity contribution < 1.29 is 32.2 Å². The number of aryl methyl sites for hydroxylation is 1. The van der Waals surface area contributed by atoms with Crippen molar-refractivity contribution in [2.45, 2.75) is 11.8 Å². The van der Waals surface area contributed by atoms with Crippen LogP contribution in [0.3, 0.4) is 0 Å². The van der Waals surface area contributed by atoms with E-state index in [1.807, 2.05) is 6.92 Å². The van der Waals surface area contributed by atoms with E-state index in [0.29, 0.717) is 28.6 Å². The fourth-order valence-corrected chi connectivity index (χ4v) is 4.83. The van der Waals surface area contributed by atoms with Gasteiger partial charge < -0.3 is 18.9 Å². The number of carbonyl (C=O) groups is 1. The summed E-state index contributed by atoms with van der Waals surface area (Å²) in [6.45, 7) is 1.31. The Hall–Kier alpha value is -4.25. The number of rotatable bonds is 11. The minimum Gasteiger partial charge on any atom is -0.497 e. The maximum absolute atomic E-state index is 13.6. The lowest BCUT2D eigenvalue weighted by atomic mass is 10.2. The Kier molecular flexibility index (Phi) is 8.96. The standard InChI is InChI=1S/C26H29N3O7S/c1-18-6-10-22(11-7-18)37(31,32)29(20-8-12-24(35-4)25(15-20)36-5)17-26(30)28-27-16-19-14-21(33-2)9-13-23(19)34-3/h6-16H,17H2,1-5H3,(H,28,30)/b27-16-. The van der Waals surface area contributed by atoms with Gasteiger partial charge in [0.2, 0.25) is 0 Å². The van der Waals surface area contributed by atoms with Gasteiger partial charge in [-0.3, -0.25) is 9.10 Å². The number of hydrazone groups is 1. The molecule has 0 fully saturated rings. The highest BCUT2D eigenvalue weighted by molar-refractivity contribution is 7.92. The number of benzene rings is 3. The van der Waals surface area contributed by atoms with Gasteiger partial charge in [-0.05, 0) is 49.4 Å². The molecule has 0 spiro atoms. The Morgan fingerprint density at radius 3 is 2.14 bits per heavy atom. The van der Waals surface area contributed by atoms with Crippen LogP contribution in [0, 0.1) is 6.92 Å². The predicted molar refractivity (Wildman–Crippen MR) is 141 cm³/mol. The number of methoxy groups -OCH3 is 4. The number of amides is 1. The molecule has 0 radical (unpaired) electrons. The van der Waals surface area contributed by atoms with Crippen molar-refractivity contribution in [3.63, 3.8) is 0 Å². The zero-order valence-corrected chi connectivity index (χ0v) is 22.0. The van der Waals surface area contributed by atoms with E-state index in [9.17, 15) is 13.2 Å². The summed E-state index contributed by atoms with van der Waals surface area (Å²) in [5, 5.41) is 3.97. The van der Waals surface area contributed by atoms with Crippen LogP contribution in [-0.2, 0) is 14.8 Å². The first kappa shape index (κ1) is 27.3. The van der Waals surface area contributed by atoms with Gasteiger partial charge in [0.05, 0.1) is 45.2 Å². The molecule has 3 aromatic rings. The van der Waals surface area contributed by atoms with Gasteiger partial charge in [-0.2, -0.15) is 5.10 Å². The molecule has 3 rings (SSSR count). The van der Waals surface area contributed by atoms with Crippen LogP contribution in [-0.4, -0.2) is 55.5 Å². The highest BCUT2D eigenvalue weighted by atomic mass is 32.2. The van der Waals surface area contributed by atoms with Crippen molar-refractivity contribution in [2.24, 2.45) is 5.10 Å². The van der Waals surface area contributed by atoms with Gasteiger partial charge in [0, 0.05) is 11.6 Å². The average Bonchev–Trinajstić information content (AvgIpc) is 2.91. The quantitative estimate of drug-likeness (QED) is 0.300. The summed E-state index contributed by atoms with van der Waals surface area (Å²) in [7, 11) is 1.83. The lowest BCUT2D eigenvalue weighted by molar-refractivity contribution is -0.119. The number of nitrogens with zero attached hydrogens (tertiary/aromatic N) is 2. The second-order valence-corrected chi connectivity index (χ2v) is 9.63. The molecule has 37 heavy (non-hydrogen) atoms. The van der Waals surface area contributed by atoms with Crippen LogP contribution in [0.1, 0.15) is 11.1 Å². The van der Waals surface area contributed by atoms with Crippen LogP contribution in [0.4, 0.5) is 5.69 Å². The SMILES string of the molecule is COc1ccc(OC)c(/C=N\NC(=O)CN(c2ccc(OC)c(OC)c2)S(=O)(=O)c2ccc(C)cc2)c1. The summed E-state index contributed by atoms with van der Waals surface area (Å²) < 4.78 is 49.2. The number of anilines is 1. The molecule has 11 heteroatoms. The van der Waals surface area contributed by atoms with Crippen LogP contribution < -0.4 is 28.7 Å². The molecule has 0 aromatic heterocycles. The fourth-order valence-electron chi connectivity index (χ4n) is 3.41. The minimum absolute atomic E-state index is 0.0327. The van der Waals surface area contributed by atoms with Crippen molar-refractivity contribution >= 4 is 27.8 Å². The van der Waals surface area contributed by atoms with E-state index < -0.39 is 22.5 Å². The van der Waals surface area contributed by atoms with E-state index >= 15 is 0 Å². The van der Waals surface area contributed by atoms with E-state index in [1.165, 1.54) is 58.9 Å². The minimum atomic E-state index is -4.12. The first-order valence-corrected chi connectivity index (χ1v) is 12.5. The average molecular weight is 528 g/mol. The Morgan fingerprint density at radius 2 is 1.51 bits per heavy atom. The number of ether oxygens (including phenoxy) is 4. The van der Waals surface area contributed by atoms with E-state index in [2.05, 4.69) is 10.5 Å². The van der Waals surface area contributed by atoms with E-state index in [-0.39, 0.29) is 10.6 Å². The van der Waals surface area contributed by atoms with E-state index in [4.69, 9.17) is 18.9 Å². The van der Waals surface area contributed by atoms with Crippen LogP contribution >= 0.6 is 0 Å². The summed E-state index contributed by atoms with van der Waals surface area (Å²) in [5.41, 5.74) is 4.05. The predicted octanol–water partition coefficient (Wildman–Crippen LogP) is 3.38. The van der Waals surface area contributed by atoms with E-state index in [0.717, 1.165) is 9.87 Å². The normalized spacial score (nSPS) is 11.2. The Bertz CT molecular complexity index is 1370. The summed E-state index contributed by atoms with van der Waals surface area (Å²) in [6, 6.07) is 16.1. The van der Waals surface area contributed by atoms with Crippen LogP contribution in [0.25, 0.3) is 0 Å². The van der Waals surface area contributed by atoms with Crippen LogP contribution in [0.5, 0.6) is 23.0 Å². The first-order valence-electron chi connectivity index (χ1n) is 11.1. The third kappa shape index (κ3) is 6.50. The smallest absolute Gasteiger partial charge is 0.264 e. The molecule has 0 aliphatic carbocycles. The van der Waals surface area contributed by atoms with Crippen LogP contribution in [0.2, 0.25) is 0 Å². The molecule has 0 atom stereocenters. The maximum atomic E-state index is 13.6. The summed E-state index contributed by atoms with van der Waals surface area (Å²) in [5.74, 6) is 1.17. The van der Waals surface area contributed by atoms with Gasteiger partial charge in [0.15, 0.2) is 11.5 Å². The molecule has 0 heterocycles. The lowest BCUT2D eigenvalue weighted by Gasteiger charge is -2.24. The molecule has 0 aliphatic rings. The molecule has 0 saturated carbocycles. The Balaban J connectivity index is 1.91. The fraction of sp³-hybridized carbons (Fsp3) is 0.231. The van der Waals surface area contributed by atoms with Gasteiger partial charge in [0.25, 0.3) is 15.9 Å². The topological polar surface area (TPSA) is 116 Å². The number of carbonyl (C=O) groups excluding carboxylic acids is 1. The Morgan fingerprint density at radius 1 is 0.865 bits per heavy atom. The number of nitrogens with one attached hydrogen (secondary N) is 1. The van der Waals surface area contributed by atoms with Crippen molar-refractivity contribution in [3.8, 4) is 23.0 Å². The molecule has 196 valence electrons. The van der Waals surface area contributed by atoms with Crippen molar-refractivity contribution in [1.82, 2.24) is 5.43 Å². The molecule has 0 bridgehead atoms. The zero-order chi connectivity index (χ0) is 27.0. The highest BCUT2D eigenvalue weighted by Gasteiger charge is 2.28. The molecule has 0 unspecified atom stereocenters. The highest BCUT2D eigenvalue weighted by Crippen LogP contribution is 2.33. The number of hydrogen-bond donors (Lipinski definition) is 1. The van der Waals surface area contributed by atoms with Gasteiger partial charge in [-0.15, -0.1) is 0 Å². The largest absolute Gasteiger partial charge is 0.497 e. The van der Waals surface area contributed by atoms with Gasteiger partial charge in [-0.1, -0.05) is 17.7 Å². The third-order valence-electron chi connectivity index (χ3n) is 5.38. The van der Waals surface area contributed by atoms with E-state index in [1.54, 1.807) is 36.4 Å². The number of sulfonamides is 1. The summed E-state index contributed by atoms with van der Waals surface area (Å²) >= 11 is 0. The molecule has 1 N–H and O–H groups in total. The molecule has 0 aliphatic heterocycles. The summed E-state index contributed by atoms with van der Waals surface area (Å²) in [4.78, 5) is 12.9. The Labute approximate surface area is 216 Å². The second kappa shape index (κ2) is 12.1. The monoisotopic (exact) mass is 527 g/mol. The molecule has 0 saturated heterocycles. The number of hydrogen-bond acceptors (Lipinski definition) is 8. The van der Waals surface area contributed by atoms with Crippen molar-refractivity contribution in [2.75, 3.05) is 39.3 Å². The molecule has 1 amide bonds. The molecule has 10 nitrogen and oxygen atoms in total. The molecular formula is C26H29N3O7S. The molecular weight excluding hydrogens is 498 g/mol. The van der Waals surface area contributed by atoms with Crippen molar-refractivity contribution in [1.29, 1.82) is 0 Å². The summed E-state index contributed by atoms with van der Waals surface area (Å²) in [6.07, 6.45) is 1.38.